The van der Waals surface area contributed by atoms with Crippen LogP contribution in [0.3, 0.4) is 0 Å². The largest absolute Gasteiger partial charge is 0.477 e. The zero-order chi connectivity index (χ0) is 21.8. The van der Waals surface area contributed by atoms with Gasteiger partial charge in [-0.2, -0.15) is 0 Å². The van der Waals surface area contributed by atoms with Gasteiger partial charge in [0.25, 0.3) is 0 Å². The minimum atomic E-state index is -1.10. The minimum absolute atomic E-state index is 0.0253. The number of carboxylic acid groups (broad SMARTS) is 1. The molecule has 0 saturated heterocycles. The van der Waals surface area contributed by atoms with E-state index in [2.05, 4.69) is 12.0 Å². The fraction of sp³-hybridized carbons (Fsp3) is 0.320. The minimum Gasteiger partial charge on any atom is -0.477 e. The number of amides is 1. The number of rotatable bonds is 6. The van der Waals surface area contributed by atoms with Gasteiger partial charge in [0.1, 0.15) is 5.56 Å². The molecule has 1 N–H and O–H groups in total. The van der Waals surface area contributed by atoms with Crippen LogP contribution in [-0.2, 0) is 11.3 Å². The molecule has 160 valence electrons. The van der Waals surface area contributed by atoms with Crippen LogP contribution in [0.4, 0.5) is 5.82 Å². The summed E-state index contributed by atoms with van der Waals surface area (Å²) in [5.41, 5.74) is 1.71. The summed E-state index contributed by atoms with van der Waals surface area (Å²) in [5.74, 6) is -0.428. The Kier molecular flexibility index (Phi) is 6.16. The molecule has 1 aliphatic carbocycles. The van der Waals surface area contributed by atoms with Crippen molar-refractivity contribution in [1.82, 2.24) is 9.78 Å². The number of aromatic carboxylic acids is 1. The van der Waals surface area contributed by atoms with E-state index >= 15 is 0 Å². The molecule has 6 nitrogen and oxygen atoms in total. The maximum Gasteiger partial charge on any atom is 0.341 e. The highest BCUT2D eigenvalue weighted by Gasteiger charge is 2.32. The van der Waals surface area contributed by atoms with Crippen LogP contribution in [0.1, 0.15) is 48.5 Å². The smallest absolute Gasteiger partial charge is 0.341 e. The predicted molar refractivity (Wildman–Crippen MR) is 119 cm³/mol. The first-order valence-corrected chi connectivity index (χ1v) is 10.8. The summed E-state index contributed by atoms with van der Waals surface area (Å²) < 4.78 is 1.53. The highest BCUT2D eigenvalue weighted by atomic mass is 16.4. The summed E-state index contributed by atoms with van der Waals surface area (Å²) in [4.78, 5) is 27.3. The molecule has 4 rings (SSSR count). The lowest BCUT2D eigenvalue weighted by atomic mass is 9.82. The molecule has 31 heavy (non-hydrogen) atoms. The number of hydrogen-bond acceptors (Lipinski definition) is 3. The highest BCUT2D eigenvalue weighted by Crippen LogP contribution is 2.32. The second-order valence-corrected chi connectivity index (χ2v) is 8.32. The summed E-state index contributed by atoms with van der Waals surface area (Å²) in [6.45, 7) is 2.50. The Bertz CT molecular complexity index is 1040. The molecule has 0 bridgehead atoms. The van der Waals surface area contributed by atoms with E-state index in [0.717, 1.165) is 36.9 Å². The molecule has 0 aliphatic heterocycles. The fourth-order valence-corrected chi connectivity index (χ4v) is 4.18. The number of anilines is 1. The van der Waals surface area contributed by atoms with Gasteiger partial charge in [-0.15, -0.1) is 5.10 Å². The lowest BCUT2D eigenvalue weighted by Crippen LogP contribution is -2.38. The summed E-state index contributed by atoms with van der Waals surface area (Å²) in [5, 5.41) is 14.4. The van der Waals surface area contributed by atoms with Crippen LogP contribution in [-0.4, -0.2) is 26.8 Å². The molecule has 1 aliphatic rings. The molecule has 6 heteroatoms. The molecule has 1 aromatic heterocycles. The van der Waals surface area contributed by atoms with Crippen molar-refractivity contribution < 1.29 is 14.7 Å². The predicted octanol–water partition coefficient (Wildman–Crippen LogP) is 4.93. The molecule has 0 radical (unpaired) electrons. The van der Waals surface area contributed by atoms with Crippen molar-refractivity contribution in [1.29, 1.82) is 0 Å². The lowest BCUT2D eigenvalue weighted by Gasteiger charge is -2.30. The highest BCUT2D eigenvalue weighted by molar-refractivity contribution is 6.01. The maximum absolute atomic E-state index is 13.6. The lowest BCUT2D eigenvalue weighted by molar-refractivity contribution is -0.123. The van der Waals surface area contributed by atoms with Gasteiger partial charge in [-0.1, -0.05) is 55.5 Å². The molecule has 1 amide bonds. The fourth-order valence-electron chi connectivity index (χ4n) is 4.18. The Morgan fingerprint density at radius 2 is 1.61 bits per heavy atom. The van der Waals surface area contributed by atoms with Crippen LogP contribution in [0, 0.1) is 11.8 Å². The Morgan fingerprint density at radius 3 is 2.23 bits per heavy atom. The average Bonchev–Trinajstić information content (AvgIpc) is 3.24. The Morgan fingerprint density at radius 1 is 1.00 bits per heavy atom. The second kappa shape index (κ2) is 9.16. The third-order valence-corrected chi connectivity index (χ3v) is 6.02. The van der Waals surface area contributed by atoms with Gasteiger partial charge >= 0.3 is 5.97 Å². The van der Waals surface area contributed by atoms with Crippen molar-refractivity contribution in [3.63, 3.8) is 0 Å². The Hall–Kier alpha value is -3.41. The van der Waals surface area contributed by atoms with Crippen LogP contribution in [0.15, 0.2) is 66.9 Å². The normalized spacial score (nSPS) is 18.5. The van der Waals surface area contributed by atoms with E-state index in [9.17, 15) is 14.7 Å². The summed E-state index contributed by atoms with van der Waals surface area (Å²) in [7, 11) is 0. The molecule has 0 spiro atoms. The summed E-state index contributed by atoms with van der Waals surface area (Å²) in [6, 6.07) is 19.0. The van der Waals surface area contributed by atoms with Crippen molar-refractivity contribution in [2.45, 2.75) is 39.2 Å². The van der Waals surface area contributed by atoms with Gasteiger partial charge in [0.05, 0.1) is 12.2 Å². The number of hydrogen-bond donors (Lipinski definition) is 1. The number of benzene rings is 2. The molecular weight excluding hydrogens is 390 g/mol. The first-order valence-electron chi connectivity index (χ1n) is 10.8. The van der Waals surface area contributed by atoms with Gasteiger partial charge in [0.15, 0.2) is 5.82 Å². The second-order valence-electron chi connectivity index (χ2n) is 8.32. The van der Waals surface area contributed by atoms with Gasteiger partial charge in [-0.05, 0) is 49.3 Å². The van der Waals surface area contributed by atoms with Crippen molar-refractivity contribution in [3.05, 3.63) is 78.0 Å². The first kappa shape index (κ1) is 20.8. The monoisotopic (exact) mass is 417 g/mol. The molecular formula is C25H27N3O3. The number of carboxylic acids is 1. The van der Waals surface area contributed by atoms with Gasteiger partial charge in [0, 0.05) is 12.1 Å². The van der Waals surface area contributed by atoms with Crippen LogP contribution >= 0.6 is 0 Å². The van der Waals surface area contributed by atoms with E-state index in [1.165, 1.54) is 10.9 Å². The maximum atomic E-state index is 13.6. The summed E-state index contributed by atoms with van der Waals surface area (Å²) in [6.07, 6.45) is 5.17. The van der Waals surface area contributed by atoms with Crippen molar-refractivity contribution in [2.24, 2.45) is 11.8 Å². The number of aromatic nitrogens is 2. The number of carbonyl (C=O) groups excluding carboxylic acids is 1. The topological polar surface area (TPSA) is 75.4 Å². The number of nitrogens with zero attached hydrogens (tertiary/aromatic N) is 3. The molecule has 2 aromatic carbocycles. The zero-order valence-corrected chi connectivity index (χ0v) is 17.6. The van der Waals surface area contributed by atoms with Crippen LogP contribution < -0.4 is 4.90 Å². The van der Waals surface area contributed by atoms with E-state index in [1.807, 2.05) is 60.7 Å². The van der Waals surface area contributed by atoms with Crippen molar-refractivity contribution in [2.75, 3.05) is 4.90 Å². The molecule has 0 unspecified atom stereocenters. The standard InChI is InChI=1S/C25H27N3O3/c1-18-12-14-20(15-13-18)24(29)27(16-19-8-4-2-5-9-19)23-22(25(30)31)17-28(26-23)21-10-6-3-7-11-21/h2-11,17-18,20H,12-16H2,1H3,(H,30,31)/t18-,20-. The van der Waals surface area contributed by atoms with Crippen LogP contribution in [0.5, 0.6) is 0 Å². The van der Waals surface area contributed by atoms with Crippen LogP contribution in [0.25, 0.3) is 5.69 Å². The number of carbonyl (C=O) groups is 2. The SMILES string of the molecule is C[C@H]1CC[C@H](C(=O)N(Cc2ccccc2)c2nn(-c3ccccc3)cc2C(=O)O)CC1. The molecule has 1 saturated carbocycles. The van der Waals surface area contributed by atoms with Crippen molar-refractivity contribution >= 4 is 17.7 Å². The Balaban J connectivity index is 1.74. The summed E-state index contributed by atoms with van der Waals surface area (Å²) >= 11 is 0. The zero-order valence-electron chi connectivity index (χ0n) is 17.6. The first-order chi connectivity index (χ1) is 15.0. The van der Waals surface area contributed by atoms with Gasteiger partial charge in [-0.3, -0.25) is 9.69 Å². The molecule has 1 fully saturated rings. The average molecular weight is 418 g/mol. The van der Waals surface area contributed by atoms with E-state index in [-0.39, 0.29) is 29.8 Å². The number of para-hydroxylation sites is 1. The third kappa shape index (κ3) is 4.68. The van der Waals surface area contributed by atoms with Gasteiger partial charge < -0.3 is 5.11 Å². The van der Waals surface area contributed by atoms with Crippen LogP contribution in [0.2, 0.25) is 0 Å². The van der Waals surface area contributed by atoms with Crippen molar-refractivity contribution in [3.8, 4) is 5.69 Å². The van der Waals surface area contributed by atoms with Gasteiger partial charge in [-0.25, -0.2) is 9.48 Å². The van der Waals surface area contributed by atoms with E-state index < -0.39 is 5.97 Å². The third-order valence-electron chi connectivity index (χ3n) is 6.02. The quantitative estimate of drug-likeness (QED) is 0.617. The van der Waals surface area contributed by atoms with E-state index in [4.69, 9.17) is 0 Å². The van der Waals surface area contributed by atoms with E-state index in [1.54, 1.807) is 4.90 Å². The molecule has 1 heterocycles. The Labute approximate surface area is 182 Å². The molecule has 3 aromatic rings. The van der Waals surface area contributed by atoms with E-state index in [0.29, 0.717) is 5.92 Å². The van der Waals surface area contributed by atoms with Gasteiger partial charge in [0.2, 0.25) is 5.91 Å². The molecule has 0 atom stereocenters.